The van der Waals surface area contributed by atoms with Gasteiger partial charge in [-0.05, 0) is 48.7 Å². The third kappa shape index (κ3) is 7.17. The van der Waals surface area contributed by atoms with Gasteiger partial charge in [0.05, 0.1) is 12.7 Å². The number of rotatable bonds is 8. The van der Waals surface area contributed by atoms with Gasteiger partial charge >= 0.3 is 5.97 Å². The van der Waals surface area contributed by atoms with Gasteiger partial charge in [-0.25, -0.2) is 4.79 Å². The van der Waals surface area contributed by atoms with Crippen molar-refractivity contribution < 1.29 is 23.8 Å². The summed E-state index contributed by atoms with van der Waals surface area (Å²) in [6.07, 6.45) is 6.63. The van der Waals surface area contributed by atoms with Gasteiger partial charge < -0.3 is 19.5 Å². The van der Waals surface area contributed by atoms with Crippen LogP contribution in [0.3, 0.4) is 0 Å². The fraction of sp³-hybridized carbons (Fsp3) is 0.417. The van der Waals surface area contributed by atoms with Crippen LogP contribution in [0, 0.1) is 0 Å². The number of ether oxygens (including phenoxy) is 3. The van der Waals surface area contributed by atoms with Gasteiger partial charge in [0.2, 0.25) is 0 Å². The summed E-state index contributed by atoms with van der Waals surface area (Å²) in [5, 5.41) is 3.62. The van der Waals surface area contributed by atoms with Crippen LogP contribution in [-0.2, 0) is 16.1 Å². The predicted molar refractivity (Wildman–Crippen MR) is 119 cm³/mol. The van der Waals surface area contributed by atoms with Crippen molar-refractivity contribution in [2.75, 3.05) is 13.7 Å². The molecule has 1 aliphatic carbocycles. The molecule has 166 valence electrons. The van der Waals surface area contributed by atoms with Crippen LogP contribution < -0.4 is 14.8 Å². The van der Waals surface area contributed by atoms with Crippen LogP contribution in [0.2, 0.25) is 5.02 Å². The number of carbonyl (C=O) groups excluding carboxylic acids is 2. The molecular formula is C24H28ClNO5. The maximum absolute atomic E-state index is 12.4. The molecule has 0 heterocycles. The molecule has 0 unspecified atom stereocenters. The van der Waals surface area contributed by atoms with Crippen molar-refractivity contribution in [1.82, 2.24) is 5.32 Å². The van der Waals surface area contributed by atoms with Crippen molar-refractivity contribution >= 4 is 23.5 Å². The number of amides is 1. The third-order valence-corrected chi connectivity index (χ3v) is 5.51. The lowest BCUT2D eigenvalue weighted by Gasteiger charge is -2.16. The Kier molecular flexibility index (Phi) is 8.59. The van der Waals surface area contributed by atoms with Crippen molar-refractivity contribution in [3.63, 3.8) is 0 Å². The van der Waals surface area contributed by atoms with Gasteiger partial charge in [-0.15, -0.1) is 0 Å². The minimum atomic E-state index is -0.585. The van der Waals surface area contributed by atoms with Crippen LogP contribution in [0.5, 0.6) is 11.5 Å². The summed E-state index contributed by atoms with van der Waals surface area (Å²) < 4.78 is 16.3. The zero-order valence-electron chi connectivity index (χ0n) is 17.7. The normalized spacial score (nSPS) is 14.4. The zero-order valence-corrected chi connectivity index (χ0v) is 18.5. The van der Waals surface area contributed by atoms with E-state index in [1.54, 1.807) is 30.3 Å². The maximum atomic E-state index is 12.4. The van der Waals surface area contributed by atoms with Crippen LogP contribution in [0.1, 0.15) is 54.4 Å². The summed E-state index contributed by atoms with van der Waals surface area (Å²) in [4.78, 5) is 24.5. The quantitative estimate of drug-likeness (QED) is 0.461. The second kappa shape index (κ2) is 11.6. The van der Waals surface area contributed by atoms with Crippen molar-refractivity contribution in [2.45, 2.75) is 51.2 Å². The second-order valence-corrected chi connectivity index (χ2v) is 8.05. The van der Waals surface area contributed by atoms with E-state index in [0.29, 0.717) is 23.1 Å². The van der Waals surface area contributed by atoms with Gasteiger partial charge in [0.25, 0.3) is 5.91 Å². The standard InChI is InChI=1S/C24H28ClNO5/c1-29-22-14-18(10-13-21(22)30-15-17-8-11-19(25)12-9-17)24(28)31-16-23(27)26-20-6-4-2-3-5-7-20/h8-14,20H,2-7,15-16H2,1H3,(H,26,27). The van der Waals surface area contributed by atoms with Gasteiger partial charge in [-0.3, -0.25) is 4.79 Å². The highest BCUT2D eigenvalue weighted by Gasteiger charge is 2.17. The number of halogens is 1. The molecule has 0 spiro atoms. The van der Waals surface area contributed by atoms with E-state index in [4.69, 9.17) is 25.8 Å². The largest absolute Gasteiger partial charge is 0.493 e. The molecule has 6 nitrogen and oxygen atoms in total. The Bertz CT molecular complexity index is 876. The van der Waals surface area contributed by atoms with E-state index in [1.807, 2.05) is 12.1 Å². The van der Waals surface area contributed by atoms with E-state index >= 15 is 0 Å². The Balaban J connectivity index is 1.52. The molecule has 2 aromatic rings. The molecule has 0 radical (unpaired) electrons. The fourth-order valence-electron chi connectivity index (χ4n) is 3.56. The smallest absolute Gasteiger partial charge is 0.338 e. The van der Waals surface area contributed by atoms with Crippen LogP contribution in [0.4, 0.5) is 0 Å². The van der Waals surface area contributed by atoms with Gasteiger partial charge in [-0.1, -0.05) is 49.4 Å². The number of nitrogens with one attached hydrogen (secondary N) is 1. The van der Waals surface area contributed by atoms with E-state index in [9.17, 15) is 9.59 Å². The minimum absolute atomic E-state index is 0.172. The number of esters is 1. The Morgan fingerprint density at radius 1 is 1.00 bits per heavy atom. The molecule has 31 heavy (non-hydrogen) atoms. The molecule has 1 amide bonds. The molecule has 2 aromatic carbocycles. The van der Waals surface area contributed by atoms with Gasteiger partial charge in [0.15, 0.2) is 18.1 Å². The molecule has 1 saturated carbocycles. The van der Waals surface area contributed by atoms with E-state index in [1.165, 1.54) is 20.0 Å². The average molecular weight is 446 g/mol. The van der Waals surface area contributed by atoms with Crippen molar-refractivity contribution in [1.29, 1.82) is 0 Å². The van der Waals surface area contributed by atoms with Crippen LogP contribution in [0.25, 0.3) is 0 Å². The molecule has 0 atom stereocenters. The SMILES string of the molecule is COc1cc(C(=O)OCC(=O)NC2CCCCCC2)ccc1OCc1ccc(Cl)cc1. The maximum Gasteiger partial charge on any atom is 0.338 e. The van der Waals surface area contributed by atoms with Crippen molar-refractivity contribution in [2.24, 2.45) is 0 Å². The Morgan fingerprint density at radius 2 is 1.71 bits per heavy atom. The summed E-state index contributed by atoms with van der Waals surface area (Å²) in [7, 11) is 1.50. The van der Waals surface area contributed by atoms with Crippen molar-refractivity contribution in [3.8, 4) is 11.5 Å². The van der Waals surface area contributed by atoms with Crippen LogP contribution in [0.15, 0.2) is 42.5 Å². The lowest BCUT2D eigenvalue weighted by Crippen LogP contribution is -2.37. The number of hydrogen-bond donors (Lipinski definition) is 1. The van der Waals surface area contributed by atoms with Gasteiger partial charge in [0.1, 0.15) is 6.61 Å². The highest BCUT2D eigenvalue weighted by atomic mass is 35.5. The molecule has 0 bridgehead atoms. The molecule has 0 aliphatic heterocycles. The first-order valence-electron chi connectivity index (χ1n) is 10.6. The lowest BCUT2D eigenvalue weighted by atomic mass is 10.1. The fourth-order valence-corrected chi connectivity index (χ4v) is 3.69. The highest BCUT2D eigenvalue weighted by molar-refractivity contribution is 6.30. The Hall–Kier alpha value is -2.73. The summed E-state index contributed by atoms with van der Waals surface area (Å²) in [6, 6.07) is 12.3. The second-order valence-electron chi connectivity index (χ2n) is 7.61. The van der Waals surface area contributed by atoms with E-state index in [2.05, 4.69) is 5.32 Å². The molecule has 3 rings (SSSR count). The number of benzene rings is 2. The molecular weight excluding hydrogens is 418 g/mol. The van der Waals surface area contributed by atoms with E-state index in [0.717, 1.165) is 31.2 Å². The first-order valence-corrected chi connectivity index (χ1v) is 10.9. The summed E-state index contributed by atoms with van der Waals surface area (Å²) >= 11 is 5.89. The van der Waals surface area contributed by atoms with Gasteiger partial charge in [0, 0.05) is 11.1 Å². The van der Waals surface area contributed by atoms with Crippen molar-refractivity contribution in [3.05, 3.63) is 58.6 Å². The third-order valence-electron chi connectivity index (χ3n) is 5.26. The topological polar surface area (TPSA) is 73.9 Å². The van der Waals surface area contributed by atoms with Gasteiger partial charge in [-0.2, -0.15) is 0 Å². The Labute approximate surface area is 187 Å². The average Bonchev–Trinajstić information content (AvgIpc) is 3.05. The molecule has 0 saturated heterocycles. The summed E-state index contributed by atoms with van der Waals surface area (Å²) in [5.41, 5.74) is 1.24. The molecule has 1 N–H and O–H groups in total. The number of carbonyl (C=O) groups is 2. The number of hydrogen-bond acceptors (Lipinski definition) is 5. The first kappa shape index (κ1) is 22.9. The zero-order chi connectivity index (χ0) is 22.1. The molecule has 7 heteroatoms. The van der Waals surface area contributed by atoms with Crippen LogP contribution >= 0.6 is 11.6 Å². The van der Waals surface area contributed by atoms with E-state index in [-0.39, 0.29) is 24.1 Å². The highest BCUT2D eigenvalue weighted by Crippen LogP contribution is 2.29. The molecule has 1 aliphatic rings. The Morgan fingerprint density at radius 3 is 2.39 bits per heavy atom. The first-order chi connectivity index (χ1) is 15.0. The molecule has 1 fully saturated rings. The minimum Gasteiger partial charge on any atom is -0.493 e. The monoisotopic (exact) mass is 445 g/mol. The predicted octanol–water partition coefficient (Wildman–Crippen LogP) is 4.92. The van der Waals surface area contributed by atoms with E-state index < -0.39 is 5.97 Å². The number of methoxy groups -OCH3 is 1. The molecule has 0 aromatic heterocycles. The summed E-state index contributed by atoms with van der Waals surface area (Å²) in [6.45, 7) is 0.0329. The summed E-state index contributed by atoms with van der Waals surface area (Å²) in [5.74, 6) is 0.0557. The van der Waals surface area contributed by atoms with Crippen LogP contribution in [-0.4, -0.2) is 31.6 Å². The lowest BCUT2D eigenvalue weighted by molar-refractivity contribution is -0.125.